The molecule has 0 saturated carbocycles. The third kappa shape index (κ3) is 3.47. The van der Waals surface area contributed by atoms with Gasteiger partial charge in [0.25, 0.3) is 5.69 Å². The van der Waals surface area contributed by atoms with Gasteiger partial charge in [-0.25, -0.2) is 0 Å². The molecule has 1 atom stereocenters. The van der Waals surface area contributed by atoms with Crippen LogP contribution in [-0.4, -0.2) is 4.92 Å². The van der Waals surface area contributed by atoms with Crippen LogP contribution in [0.1, 0.15) is 37.8 Å². The van der Waals surface area contributed by atoms with Crippen molar-refractivity contribution in [2.45, 2.75) is 32.2 Å². The molecule has 0 radical (unpaired) electrons. The molecule has 1 aromatic rings. The van der Waals surface area contributed by atoms with Crippen LogP contribution >= 0.6 is 11.6 Å². The Labute approximate surface area is 99.6 Å². The monoisotopic (exact) mass is 242 g/mol. The third-order valence-corrected chi connectivity index (χ3v) is 2.63. The first-order chi connectivity index (χ1) is 7.54. The Morgan fingerprint density at radius 3 is 2.75 bits per heavy atom. The van der Waals surface area contributed by atoms with E-state index in [2.05, 4.69) is 6.92 Å². The number of nitro groups is 1. The van der Waals surface area contributed by atoms with Crippen LogP contribution in [-0.2, 0) is 0 Å². The second kappa shape index (κ2) is 5.82. The maximum atomic E-state index is 10.6. The van der Waals surface area contributed by atoms with E-state index in [1.807, 2.05) is 0 Å². The first-order valence-corrected chi connectivity index (χ1v) is 5.63. The van der Waals surface area contributed by atoms with Gasteiger partial charge in [-0.3, -0.25) is 10.1 Å². The zero-order valence-electron chi connectivity index (χ0n) is 9.15. The molecular formula is C11H15ClN2O2. The smallest absolute Gasteiger partial charge is 0.271 e. The number of unbranched alkanes of at least 4 members (excludes halogenated alkanes) is 1. The standard InChI is InChI=1S/C11H15ClN2O2/c1-2-3-4-11(13)8-5-9(12)7-10(6-8)14(15)16/h5-7,11H,2-4,13H2,1H3. The van der Waals surface area contributed by atoms with E-state index < -0.39 is 4.92 Å². The Morgan fingerprint density at radius 1 is 1.50 bits per heavy atom. The molecule has 16 heavy (non-hydrogen) atoms. The number of non-ortho nitro benzene ring substituents is 1. The Balaban J connectivity index is 2.91. The van der Waals surface area contributed by atoms with Gasteiger partial charge in [-0.05, 0) is 18.1 Å². The molecule has 0 heterocycles. The van der Waals surface area contributed by atoms with Crippen LogP contribution in [0.2, 0.25) is 5.02 Å². The second-order valence-corrected chi connectivity index (χ2v) is 4.19. The Hall–Kier alpha value is -1.13. The largest absolute Gasteiger partial charge is 0.324 e. The van der Waals surface area contributed by atoms with Crippen LogP contribution in [0, 0.1) is 10.1 Å². The van der Waals surface area contributed by atoms with E-state index in [1.54, 1.807) is 6.07 Å². The van der Waals surface area contributed by atoms with Gasteiger partial charge in [0.05, 0.1) is 4.92 Å². The molecule has 0 aliphatic carbocycles. The molecule has 0 saturated heterocycles. The van der Waals surface area contributed by atoms with Gasteiger partial charge in [0.15, 0.2) is 0 Å². The number of nitro benzene ring substituents is 1. The van der Waals surface area contributed by atoms with Crippen molar-refractivity contribution in [3.05, 3.63) is 38.9 Å². The normalized spacial score (nSPS) is 12.4. The van der Waals surface area contributed by atoms with Crippen LogP contribution in [0.5, 0.6) is 0 Å². The van der Waals surface area contributed by atoms with Crippen molar-refractivity contribution >= 4 is 17.3 Å². The predicted molar refractivity (Wildman–Crippen MR) is 64.6 cm³/mol. The fraction of sp³-hybridized carbons (Fsp3) is 0.455. The molecule has 4 nitrogen and oxygen atoms in total. The highest BCUT2D eigenvalue weighted by molar-refractivity contribution is 6.30. The van der Waals surface area contributed by atoms with Gasteiger partial charge < -0.3 is 5.73 Å². The van der Waals surface area contributed by atoms with Crippen LogP contribution in [0.3, 0.4) is 0 Å². The van der Waals surface area contributed by atoms with Gasteiger partial charge in [-0.15, -0.1) is 0 Å². The molecule has 0 bridgehead atoms. The van der Waals surface area contributed by atoms with Crippen molar-refractivity contribution in [1.29, 1.82) is 0 Å². The van der Waals surface area contributed by atoms with E-state index >= 15 is 0 Å². The molecule has 0 aliphatic rings. The van der Waals surface area contributed by atoms with Crippen LogP contribution in [0.15, 0.2) is 18.2 Å². The zero-order chi connectivity index (χ0) is 12.1. The third-order valence-electron chi connectivity index (χ3n) is 2.41. The Bertz CT molecular complexity index is 382. The molecule has 1 rings (SSSR count). The van der Waals surface area contributed by atoms with Crippen LogP contribution in [0.25, 0.3) is 0 Å². The number of nitrogens with zero attached hydrogens (tertiary/aromatic N) is 1. The van der Waals surface area contributed by atoms with Crippen LogP contribution in [0.4, 0.5) is 5.69 Å². The summed E-state index contributed by atoms with van der Waals surface area (Å²) in [6, 6.07) is 4.33. The highest BCUT2D eigenvalue weighted by Gasteiger charge is 2.13. The summed E-state index contributed by atoms with van der Waals surface area (Å²) in [5.41, 5.74) is 6.66. The molecule has 0 fully saturated rings. The summed E-state index contributed by atoms with van der Waals surface area (Å²) < 4.78 is 0. The van der Waals surface area contributed by atoms with Gasteiger partial charge in [-0.1, -0.05) is 31.4 Å². The van der Waals surface area contributed by atoms with E-state index in [4.69, 9.17) is 17.3 Å². The average molecular weight is 243 g/mol. The van der Waals surface area contributed by atoms with E-state index in [9.17, 15) is 10.1 Å². The lowest BCUT2D eigenvalue weighted by Crippen LogP contribution is -2.10. The highest BCUT2D eigenvalue weighted by Crippen LogP contribution is 2.26. The van der Waals surface area contributed by atoms with Crippen molar-refractivity contribution in [2.75, 3.05) is 0 Å². The van der Waals surface area contributed by atoms with E-state index in [0.717, 1.165) is 24.8 Å². The molecular weight excluding hydrogens is 228 g/mol. The molecule has 0 amide bonds. The van der Waals surface area contributed by atoms with Gasteiger partial charge in [0, 0.05) is 23.2 Å². The SMILES string of the molecule is CCCCC(N)c1cc(Cl)cc([N+](=O)[O-])c1. The van der Waals surface area contributed by atoms with Crippen molar-refractivity contribution in [3.8, 4) is 0 Å². The summed E-state index contributed by atoms with van der Waals surface area (Å²) in [5.74, 6) is 0. The Morgan fingerprint density at radius 2 is 2.19 bits per heavy atom. The van der Waals surface area contributed by atoms with Crippen molar-refractivity contribution < 1.29 is 4.92 Å². The quantitative estimate of drug-likeness (QED) is 0.635. The summed E-state index contributed by atoms with van der Waals surface area (Å²) in [4.78, 5) is 10.2. The molecule has 0 spiro atoms. The lowest BCUT2D eigenvalue weighted by Gasteiger charge is -2.11. The van der Waals surface area contributed by atoms with Gasteiger partial charge in [0.1, 0.15) is 0 Å². The van der Waals surface area contributed by atoms with Crippen molar-refractivity contribution in [2.24, 2.45) is 5.73 Å². The van der Waals surface area contributed by atoms with E-state index in [1.165, 1.54) is 12.1 Å². The lowest BCUT2D eigenvalue weighted by atomic mass is 10.0. The summed E-state index contributed by atoms with van der Waals surface area (Å²) in [7, 11) is 0. The second-order valence-electron chi connectivity index (χ2n) is 3.75. The zero-order valence-corrected chi connectivity index (χ0v) is 9.91. The van der Waals surface area contributed by atoms with Gasteiger partial charge in [-0.2, -0.15) is 0 Å². The Kier molecular flexibility index (Phi) is 4.71. The molecule has 0 aromatic heterocycles. The van der Waals surface area contributed by atoms with Gasteiger partial charge >= 0.3 is 0 Å². The number of benzene rings is 1. The lowest BCUT2D eigenvalue weighted by molar-refractivity contribution is -0.384. The minimum atomic E-state index is -0.456. The summed E-state index contributed by atoms with van der Waals surface area (Å²) in [6.45, 7) is 2.08. The minimum Gasteiger partial charge on any atom is -0.324 e. The van der Waals surface area contributed by atoms with Gasteiger partial charge in [0.2, 0.25) is 0 Å². The van der Waals surface area contributed by atoms with Crippen molar-refractivity contribution in [3.63, 3.8) is 0 Å². The van der Waals surface area contributed by atoms with E-state index in [-0.39, 0.29) is 11.7 Å². The van der Waals surface area contributed by atoms with Crippen LogP contribution < -0.4 is 5.73 Å². The van der Waals surface area contributed by atoms with Crippen molar-refractivity contribution in [1.82, 2.24) is 0 Å². The summed E-state index contributed by atoms with van der Waals surface area (Å²) >= 11 is 5.81. The molecule has 5 heteroatoms. The number of hydrogen-bond acceptors (Lipinski definition) is 3. The summed E-state index contributed by atoms with van der Waals surface area (Å²) in [5, 5.41) is 11.0. The summed E-state index contributed by atoms with van der Waals surface area (Å²) in [6.07, 6.45) is 2.87. The fourth-order valence-corrected chi connectivity index (χ4v) is 1.74. The molecule has 1 aromatic carbocycles. The number of nitrogens with two attached hydrogens (primary N) is 1. The minimum absolute atomic E-state index is 0.00514. The first-order valence-electron chi connectivity index (χ1n) is 5.25. The fourth-order valence-electron chi connectivity index (χ4n) is 1.51. The highest BCUT2D eigenvalue weighted by atomic mass is 35.5. The number of hydrogen-bond donors (Lipinski definition) is 1. The molecule has 2 N–H and O–H groups in total. The average Bonchev–Trinajstić information content (AvgIpc) is 2.24. The predicted octanol–water partition coefficient (Wildman–Crippen LogP) is 3.44. The number of rotatable bonds is 5. The maximum Gasteiger partial charge on any atom is 0.271 e. The molecule has 88 valence electrons. The van der Waals surface area contributed by atoms with E-state index in [0.29, 0.717) is 5.02 Å². The maximum absolute atomic E-state index is 10.6. The first kappa shape index (κ1) is 12.9. The molecule has 0 aliphatic heterocycles. The topological polar surface area (TPSA) is 69.2 Å². The molecule has 1 unspecified atom stereocenters. The number of halogens is 1.